The number of para-hydroxylation sites is 2. The second kappa shape index (κ2) is 14.3. The predicted octanol–water partition coefficient (Wildman–Crippen LogP) is 16.0. The molecule has 2 heteroatoms. The Balaban J connectivity index is 1.11. The van der Waals surface area contributed by atoms with E-state index in [4.69, 9.17) is 4.98 Å². The van der Waals surface area contributed by atoms with Crippen molar-refractivity contribution in [1.29, 1.82) is 0 Å². The molecular weight excluding hydrogens is 737 g/mol. The zero-order valence-corrected chi connectivity index (χ0v) is 33.3. The van der Waals surface area contributed by atoms with Crippen LogP contribution in [0.4, 0.5) is 0 Å². The van der Waals surface area contributed by atoms with E-state index in [0.29, 0.717) is 0 Å². The maximum Gasteiger partial charge on any atom is 0.0716 e. The molecule has 0 aliphatic heterocycles. The molecule has 2 nitrogen and oxygen atoms in total. The first-order valence-electron chi connectivity index (χ1n) is 20.9. The SMILES string of the molecule is c1ccc(-c2ccc(-c3cc(-c4ccccc4)cc(-c4cc(-c5ccc6c7ccccc7c7ccccc7c6c5)cc(-n5c6ccccc6c6ccccc65)c4)n3)cc2)cc1. The second-order valence-corrected chi connectivity index (χ2v) is 15.9. The van der Waals surface area contributed by atoms with Gasteiger partial charge >= 0.3 is 0 Å². The molecule has 0 bridgehead atoms. The van der Waals surface area contributed by atoms with E-state index in [1.807, 2.05) is 0 Å². The Hall–Kier alpha value is -8.07. The quantitative estimate of drug-likeness (QED) is 0.154. The first-order valence-corrected chi connectivity index (χ1v) is 20.9. The van der Waals surface area contributed by atoms with Gasteiger partial charge in [-0.3, -0.25) is 0 Å². The van der Waals surface area contributed by atoms with Gasteiger partial charge in [-0.05, 0) is 114 Å². The third kappa shape index (κ3) is 6.00. The van der Waals surface area contributed by atoms with Crippen molar-refractivity contribution in [3.63, 3.8) is 0 Å². The summed E-state index contributed by atoms with van der Waals surface area (Å²) in [4.78, 5) is 5.50. The van der Waals surface area contributed by atoms with Crippen molar-refractivity contribution in [3.05, 3.63) is 231 Å². The van der Waals surface area contributed by atoms with Gasteiger partial charge in [-0.2, -0.15) is 0 Å². The van der Waals surface area contributed by atoms with Crippen molar-refractivity contribution in [3.8, 4) is 61.6 Å². The Morgan fingerprint density at radius 3 is 1.21 bits per heavy atom. The fraction of sp³-hybridized carbons (Fsp3) is 0. The van der Waals surface area contributed by atoms with Crippen LogP contribution < -0.4 is 0 Å². The standard InChI is InChI=1S/C59H38N2/c1-3-15-39(16-4-1)41-27-29-42(30-28-41)56-37-45(40-17-5-2-6-18-40)38-57(60-56)46-33-44(34-47(35-46)61-58-25-13-11-23-53(58)54-24-12-14-26-59(54)61)43-31-32-52-50-21-8-7-19-48(50)49-20-9-10-22-51(49)55(52)36-43/h1-38H. The fourth-order valence-electron chi connectivity index (χ4n) is 9.43. The van der Waals surface area contributed by atoms with Crippen LogP contribution in [-0.4, -0.2) is 9.55 Å². The normalized spacial score (nSPS) is 11.6. The van der Waals surface area contributed by atoms with E-state index in [-0.39, 0.29) is 0 Å². The molecule has 12 rings (SSSR count). The summed E-state index contributed by atoms with van der Waals surface area (Å²) >= 11 is 0. The topological polar surface area (TPSA) is 17.8 Å². The first-order chi connectivity index (χ1) is 30.2. The fourth-order valence-corrected chi connectivity index (χ4v) is 9.43. The van der Waals surface area contributed by atoms with Gasteiger partial charge in [0.1, 0.15) is 0 Å². The highest BCUT2D eigenvalue weighted by Crippen LogP contribution is 2.41. The molecule has 284 valence electrons. The summed E-state index contributed by atoms with van der Waals surface area (Å²) in [6.45, 7) is 0. The van der Waals surface area contributed by atoms with E-state index in [2.05, 4.69) is 235 Å². The highest BCUT2D eigenvalue weighted by molar-refractivity contribution is 6.25. The van der Waals surface area contributed by atoms with Gasteiger partial charge in [-0.1, -0.05) is 182 Å². The van der Waals surface area contributed by atoms with Crippen LogP contribution in [0.25, 0.3) is 116 Å². The lowest BCUT2D eigenvalue weighted by atomic mass is 9.91. The van der Waals surface area contributed by atoms with Crippen molar-refractivity contribution in [1.82, 2.24) is 9.55 Å². The Kier molecular flexibility index (Phi) is 8.21. The zero-order chi connectivity index (χ0) is 40.3. The van der Waals surface area contributed by atoms with Crippen molar-refractivity contribution >= 4 is 54.1 Å². The maximum atomic E-state index is 5.50. The summed E-state index contributed by atoms with van der Waals surface area (Å²) in [7, 11) is 0. The molecule has 0 saturated heterocycles. The van der Waals surface area contributed by atoms with E-state index in [1.54, 1.807) is 0 Å². The second-order valence-electron chi connectivity index (χ2n) is 15.9. The molecule has 0 spiro atoms. The summed E-state index contributed by atoms with van der Waals surface area (Å²) < 4.78 is 2.42. The summed E-state index contributed by atoms with van der Waals surface area (Å²) in [5, 5.41) is 10.1. The molecule has 0 saturated carbocycles. The molecule has 0 aliphatic rings. The van der Waals surface area contributed by atoms with Crippen LogP contribution in [0.1, 0.15) is 0 Å². The summed E-state index contributed by atoms with van der Waals surface area (Å²) in [6, 6.07) is 83.6. The van der Waals surface area contributed by atoms with Gasteiger partial charge in [0, 0.05) is 27.6 Å². The Labute approximate surface area is 354 Å². The smallest absolute Gasteiger partial charge is 0.0716 e. The van der Waals surface area contributed by atoms with Crippen LogP contribution >= 0.6 is 0 Å². The van der Waals surface area contributed by atoms with Crippen molar-refractivity contribution < 1.29 is 0 Å². The van der Waals surface area contributed by atoms with E-state index >= 15 is 0 Å². The van der Waals surface area contributed by atoms with E-state index in [1.165, 1.54) is 65.3 Å². The average Bonchev–Trinajstić information content (AvgIpc) is 3.69. The van der Waals surface area contributed by atoms with E-state index in [0.717, 1.165) is 50.5 Å². The third-order valence-corrected chi connectivity index (χ3v) is 12.3. The lowest BCUT2D eigenvalue weighted by Gasteiger charge is -2.16. The summed E-state index contributed by atoms with van der Waals surface area (Å²) in [5.41, 5.74) is 14.4. The minimum Gasteiger partial charge on any atom is -0.309 e. The van der Waals surface area contributed by atoms with Gasteiger partial charge < -0.3 is 4.57 Å². The molecular formula is C59H38N2. The van der Waals surface area contributed by atoms with Crippen LogP contribution in [-0.2, 0) is 0 Å². The Morgan fingerprint density at radius 1 is 0.230 bits per heavy atom. The highest BCUT2D eigenvalue weighted by Gasteiger charge is 2.17. The lowest BCUT2D eigenvalue weighted by molar-refractivity contribution is 1.18. The maximum absolute atomic E-state index is 5.50. The van der Waals surface area contributed by atoms with Gasteiger partial charge in [0.15, 0.2) is 0 Å². The Bertz CT molecular complexity index is 3530. The van der Waals surface area contributed by atoms with Crippen molar-refractivity contribution in [2.75, 3.05) is 0 Å². The van der Waals surface area contributed by atoms with Gasteiger partial charge in [0.2, 0.25) is 0 Å². The number of rotatable bonds is 6. The Morgan fingerprint density at radius 2 is 0.623 bits per heavy atom. The van der Waals surface area contributed by atoms with E-state index < -0.39 is 0 Å². The van der Waals surface area contributed by atoms with Crippen molar-refractivity contribution in [2.45, 2.75) is 0 Å². The largest absolute Gasteiger partial charge is 0.309 e. The number of aromatic nitrogens is 2. The van der Waals surface area contributed by atoms with Gasteiger partial charge in [-0.25, -0.2) is 4.98 Å². The highest BCUT2D eigenvalue weighted by atomic mass is 15.0. The van der Waals surface area contributed by atoms with Crippen LogP contribution in [0.2, 0.25) is 0 Å². The zero-order valence-electron chi connectivity index (χ0n) is 33.3. The number of pyridine rings is 1. The van der Waals surface area contributed by atoms with Gasteiger partial charge in [0.05, 0.1) is 22.4 Å². The predicted molar refractivity (Wildman–Crippen MR) is 258 cm³/mol. The molecule has 0 amide bonds. The molecule has 0 radical (unpaired) electrons. The minimum atomic E-state index is 0.921. The van der Waals surface area contributed by atoms with Crippen LogP contribution in [0.5, 0.6) is 0 Å². The van der Waals surface area contributed by atoms with Gasteiger partial charge in [-0.15, -0.1) is 0 Å². The minimum absolute atomic E-state index is 0.921. The molecule has 2 heterocycles. The van der Waals surface area contributed by atoms with E-state index in [9.17, 15) is 0 Å². The summed E-state index contributed by atoms with van der Waals surface area (Å²) in [5.74, 6) is 0. The number of nitrogens with zero attached hydrogens (tertiary/aromatic N) is 2. The molecule has 0 atom stereocenters. The molecule has 0 fully saturated rings. The van der Waals surface area contributed by atoms with Crippen LogP contribution in [0.15, 0.2) is 231 Å². The molecule has 61 heavy (non-hydrogen) atoms. The first kappa shape index (κ1) is 34.9. The molecule has 0 aliphatic carbocycles. The summed E-state index contributed by atoms with van der Waals surface area (Å²) in [6.07, 6.45) is 0. The number of fused-ring (bicyclic) bond motifs is 9. The number of hydrogen-bond acceptors (Lipinski definition) is 1. The molecule has 12 aromatic rings. The lowest BCUT2D eigenvalue weighted by Crippen LogP contribution is -1.97. The van der Waals surface area contributed by atoms with Crippen LogP contribution in [0.3, 0.4) is 0 Å². The van der Waals surface area contributed by atoms with Crippen LogP contribution in [0, 0.1) is 0 Å². The number of hydrogen-bond donors (Lipinski definition) is 0. The molecule has 2 aromatic heterocycles. The molecule has 10 aromatic carbocycles. The molecule has 0 N–H and O–H groups in total. The third-order valence-electron chi connectivity index (χ3n) is 12.3. The van der Waals surface area contributed by atoms with Crippen molar-refractivity contribution in [2.24, 2.45) is 0 Å². The monoisotopic (exact) mass is 774 g/mol. The molecule has 0 unspecified atom stereocenters. The average molecular weight is 775 g/mol. The van der Waals surface area contributed by atoms with Gasteiger partial charge in [0.25, 0.3) is 0 Å². The number of benzene rings is 10.